The molecule has 3 aromatic carbocycles. The third-order valence-electron chi connectivity index (χ3n) is 4.23. The van der Waals surface area contributed by atoms with E-state index in [1.165, 1.54) is 0 Å². The first-order chi connectivity index (χ1) is 12.7. The Hall–Kier alpha value is -2.91. The summed E-state index contributed by atoms with van der Waals surface area (Å²) in [6, 6.07) is 29.2. The zero-order valence-corrected chi connectivity index (χ0v) is 15.4. The van der Waals surface area contributed by atoms with Crippen LogP contribution in [0.1, 0.15) is 0 Å². The Morgan fingerprint density at radius 2 is 1.23 bits per heavy atom. The van der Waals surface area contributed by atoms with E-state index in [0.717, 1.165) is 26.7 Å². The van der Waals surface area contributed by atoms with Gasteiger partial charge in [-0.1, -0.05) is 88.7 Å². The van der Waals surface area contributed by atoms with Crippen LogP contribution in [0.2, 0.25) is 0 Å². The van der Waals surface area contributed by atoms with Crippen molar-refractivity contribution in [3.05, 3.63) is 106 Å². The van der Waals surface area contributed by atoms with Crippen LogP contribution in [0.5, 0.6) is 0 Å². The van der Waals surface area contributed by atoms with Crippen LogP contribution in [0.25, 0.3) is 33.6 Å². The van der Waals surface area contributed by atoms with Gasteiger partial charge in [-0.25, -0.2) is 4.79 Å². The molecule has 4 rings (SSSR count). The minimum atomic E-state index is -0.338. The molecule has 0 atom stereocenters. The van der Waals surface area contributed by atoms with Gasteiger partial charge in [0.15, 0.2) is 0 Å². The van der Waals surface area contributed by atoms with Crippen LogP contribution in [-0.2, 0) is 0 Å². The van der Waals surface area contributed by atoms with Crippen molar-refractivity contribution in [2.45, 2.75) is 0 Å². The SMILES string of the molecule is O=c1oc(-c2ccc(Br)cc2)cc(-c2ccccc2)c1-c1ccccc1. The fourth-order valence-corrected chi connectivity index (χ4v) is 3.24. The maximum Gasteiger partial charge on any atom is 0.344 e. The molecule has 0 radical (unpaired) electrons. The molecule has 4 aromatic rings. The van der Waals surface area contributed by atoms with Gasteiger partial charge in [-0.3, -0.25) is 0 Å². The summed E-state index contributed by atoms with van der Waals surface area (Å²) in [5, 5.41) is 0. The Bertz CT molecular complexity index is 1080. The molecule has 0 unspecified atom stereocenters. The van der Waals surface area contributed by atoms with Crippen LogP contribution in [0.4, 0.5) is 0 Å². The summed E-state index contributed by atoms with van der Waals surface area (Å²) in [7, 11) is 0. The smallest absolute Gasteiger partial charge is 0.344 e. The van der Waals surface area contributed by atoms with Crippen molar-refractivity contribution in [2.24, 2.45) is 0 Å². The molecule has 2 nitrogen and oxygen atoms in total. The van der Waals surface area contributed by atoms with E-state index in [0.29, 0.717) is 11.3 Å². The lowest BCUT2D eigenvalue weighted by Crippen LogP contribution is -2.06. The first kappa shape index (κ1) is 16.6. The molecule has 1 heterocycles. The topological polar surface area (TPSA) is 30.2 Å². The molecule has 0 aliphatic rings. The number of hydrogen-bond acceptors (Lipinski definition) is 2. The van der Waals surface area contributed by atoms with Gasteiger partial charge < -0.3 is 4.42 Å². The van der Waals surface area contributed by atoms with E-state index in [1.54, 1.807) is 0 Å². The van der Waals surface area contributed by atoms with Gasteiger partial charge in [0.05, 0.1) is 5.56 Å². The van der Waals surface area contributed by atoms with Gasteiger partial charge in [0.25, 0.3) is 0 Å². The molecule has 0 aliphatic heterocycles. The Morgan fingerprint density at radius 3 is 1.85 bits per heavy atom. The molecule has 0 saturated heterocycles. The van der Waals surface area contributed by atoms with Crippen molar-refractivity contribution in [2.75, 3.05) is 0 Å². The van der Waals surface area contributed by atoms with Crippen molar-refractivity contribution in [1.82, 2.24) is 0 Å². The fraction of sp³-hybridized carbons (Fsp3) is 0. The van der Waals surface area contributed by atoms with Crippen molar-refractivity contribution in [1.29, 1.82) is 0 Å². The molecule has 0 saturated carbocycles. The highest BCUT2D eigenvalue weighted by Crippen LogP contribution is 2.33. The van der Waals surface area contributed by atoms with Gasteiger partial charge in [-0.15, -0.1) is 0 Å². The number of hydrogen-bond donors (Lipinski definition) is 0. The largest absolute Gasteiger partial charge is 0.422 e. The van der Waals surface area contributed by atoms with Gasteiger partial charge in [0, 0.05) is 15.6 Å². The summed E-state index contributed by atoms with van der Waals surface area (Å²) in [4.78, 5) is 12.9. The minimum absolute atomic E-state index is 0.338. The molecule has 0 bridgehead atoms. The van der Waals surface area contributed by atoms with Gasteiger partial charge >= 0.3 is 5.63 Å². The molecular formula is C23H15BrO2. The average Bonchev–Trinajstić information content (AvgIpc) is 2.69. The maximum absolute atomic E-state index is 12.9. The highest BCUT2D eigenvalue weighted by molar-refractivity contribution is 9.10. The average molecular weight is 403 g/mol. The van der Waals surface area contributed by atoms with Gasteiger partial charge in [0.1, 0.15) is 5.76 Å². The quantitative estimate of drug-likeness (QED) is 0.396. The van der Waals surface area contributed by atoms with Crippen LogP contribution in [0, 0.1) is 0 Å². The van der Waals surface area contributed by atoms with Crippen LogP contribution in [0.3, 0.4) is 0 Å². The summed E-state index contributed by atoms with van der Waals surface area (Å²) < 4.78 is 6.66. The first-order valence-electron chi connectivity index (χ1n) is 8.27. The second-order valence-corrected chi connectivity index (χ2v) is 6.84. The Labute approximate surface area is 159 Å². The van der Waals surface area contributed by atoms with Crippen molar-refractivity contribution in [3.8, 4) is 33.6 Å². The Kier molecular flexibility index (Phi) is 4.55. The predicted molar refractivity (Wildman–Crippen MR) is 109 cm³/mol. The van der Waals surface area contributed by atoms with Crippen molar-refractivity contribution >= 4 is 15.9 Å². The van der Waals surface area contributed by atoms with E-state index in [-0.39, 0.29) is 5.63 Å². The van der Waals surface area contributed by atoms with Gasteiger partial charge in [0.2, 0.25) is 0 Å². The standard InChI is InChI=1S/C23H15BrO2/c24-19-13-11-17(12-14-19)21-15-20(16-7-3-1-4-8-16)22(23(25)26-21)18-9-5-2-6-10-18/h1-15H. The molecule has 1 aromatic heterocycles. The first-order valence-corrected chi connectivity index (χ1v) is 9.06. The van der Waals surface area contributed by atoms with Crippen LogP contribution in [0.15, 0.2) is 105 Å². The summed E-state index contributed by atoms with van der Waals surface area (Å²) in [6.07, 6.45) is 0. The van der Waals surface area contributed by atoms with E-state index in [4.69, 9.17) is 4.42 Å². The second kappa shape index (κ2) is 7.14. The molecular weight excluding hydrogens is 388 g/mol. The van der Waals surface area contributed by atoms with Gasteiger partial charge in [-0.05, 0) is 29.3 Å². The van der Waals surface area contributed by atoms with Crippen molar-refractivity contribution in [3.63, 3.8) is 0 Å². The molecule has 0 fully saturated rings. The molecule has 0 amide bonds. The highest BCUT2D eigenvalue weighted by Gasteiger charge is 2.16. The molecule has 3 heteroatoms. The number of benzene rings is 3. The van der Waals surface area contributed by atoms with E-state index < -0.39 is 0 Å². The molecule has 0 N–H and O–H groups in total. The van der Waals surface area contributed by atoms with Crippen LogP contribution < -0.4 is 5.63 Å². The lowest BCUT2D eigenvalue weighted by Gasteiger charge is -2.11. The van der Waals surface area contributed by atoms with E-state index >= 15 is 0 Å². The number of halogens is 1. The monoisotopic (exact) mass is 402 g/mol. The molecule has 126 valence electrons. The third-order valence-corrected chi connectivity index (χ3v) is 4.76. The molecule has 26 heavy (non-hydrogen) atoms. The van der Waals surface area contributed by atoms with Crippen LogP contribution in [-0.4, -0.2) is 0 Å². The van der Waals surface area contributed by atoms with Crippen molar-refractivity contribution < 1.29 is 4.42 Å². The Morgan fingerprint density at radius 1 is 0.654 bits per heavy atom. The zero-order chi connectivity index (χ0) is 17.9. The number of rotatable bonds is 3. The summed E-state index contributed by atoms with van der Waals surface area (Å²) in [6.45, 7) is 0. The fourth-order valence-electron chi connectivity index (χ4n) is 2.97. The normalized spacial score (nSPS) is 10.7. The van der Waals surface area contributed by atoms with Crippen LogP contribution >= 0.6 is 15.9 Å². The second-order valence-electron chi connectivity index (χ2n) is 5.93. The summed E-state index contributed by atoms with van der Waals surface area (Å²) in [5.74, 6) is 0.557. The maximum atomic E-state index is 12.9. The highest BCUT2D eigenvalue weighted by atomic mass is 79.9. The summed E-state index contributed by atoms with van der Waals surface area (Å²) >= 11 is 3.43. The lowest BCUT2D eigenvalue weighted by atomic mass is 9.95. The lowest BCUT2D eigenvalue weighted by molar-refractivity contribution is 0.529. The van der Waals surface area contributed by atoms with E-state index in [2.05, 4.69) is 15.9 Å². The van der Waals surface area contributed by atoms with E-state index in [1.807, 2.05) is 91.0 Å². The zero-order valence-electron chi connectivity index (χ0n) is 13.9. The third kappa shape index (κ3) is 3.26. The predicted octanol–water partition coefficient (Wildman–Crippen LogP) is 6.40. The minimum Gasteiger partial charge on any atom is -0.422 e. The molecule has 0 spiro atoms. The Balaban J connectivity index is 1.98. The molecule has 0 aliphatic carbocycles. The van der Waals surface area contributed by atoms with E-state index in [9.17, 15) is 4.79 Å². The van der Waals surface area contributed by atoms with Gasteiger partial charge in [-0.2, -0.15) is 0 Å². The summed E-state index contributed by atoms with van der Waals surface area (Å²) in [5.41, 5.74) is 3.81.